The Morgan fingerprint density at radius 2 is 2.16 bits per heavy atom. The summed E-state index contributed by atoms with van der Waals surface area (Å²) in [6, 6.07) is 3.96. The van der Waals surface area contributed by atoms with E-state index in [-0.39, 0.29) is 17.4 Å². The summed E-state index contributed by atoms with van der Waals surface area (Å²) in [6.45, 7) is 1.72. The summed E-state index contributed by atoms with van der Waals surface area (Å²) in [7, 11) is 0. The number of anilines is 1. The standard InChI is InChI=1S/C13H14N2O4/c1-7-6-8(13(18)19)2-3-9(7)15-12(17)10-4-5-11(16)14-10/h2-3,6,10H,4-5H2,1H3,(H,14,16)(H,15,17)(H,18,19)/t10-/m1/s1. The number of carbonyl (C=O) groups is 3. The van der Waals surface area contributed by atoms with Crippen molar-refractivity contribution in [2.24, 2.45) is 0 Å². The number of amides is 2. The average molecular weight is 262 g/mol. The Bertz CT molecular complexity index is 554. The molecule has 0 aromatic heterocycles. The molecule has 2 rings (SSSR count). The number of hydrogen-bond donors (Lipinski definition) is 3. The Balaban J connectivity index is 2.09. The average Bonchev–Trinajstić information content (AvgIpc) is 2.78. The molecule has 0 aliphatic carbocycles. The number of benzene rings is 1. The summed E-state index contributed by atoms with van der Waals surface area (Å²) in [4.78, 5) is 33.7. The highest BCUT2D eigenvalue weighted by Gasteiger charge is 2.27. The quantitative estimate of drug-likeness (QED) is 0.754. The van der Waals surface area contributed by atoms with Crippen LogP contribution in [0.5, 0.6) is 0 Å². The Hall–Kier alpha value is -2.37. The van der Waals surface area contributed by atoms with Crippen LogP contribution >= 0.6 is 0 Å². The molecule has 1 fully saturated rings. The molecule has 0 radical (unpaired) electrons. The fraction of sp³-hybridized carbons (Fsp3) is 0.308. The van der Waals surface area contributed by atoms with Gasteiger partial charge in [-0.25, -0.2) is 4.79 Å². The molecule has 1 aromatic carbocycles. The summed E-state index contributed by atoms with van der Waals surface area (Å²) < 4.78 is 0. The van der Waals surface area contributed by atoms with Gasteiger partial charge in [0.25, 0.3) is 0 Å². The van der Waals surface area contributed by atoms with Crippen LogP contribution in [-0.4, -0.2) is 28.9 Å². The molecular formula is C13H14N2O4. The number of aromatic carboxylic acids is 1. The van der Waals surface area contributed by atoms with E-state index in [1.54, 1.807) is 13.0 Å². The Morgan fingerprint density at radius 3 is 2.68 bits per heavy atom. The van der Waals surface area contributed by atoms with E-state index in [9.17, 15) is 14.4 Å². The van der Waals surface area contributed by atoms with E-state index in [1.165, 1.54) is 12.1 Å². The molecule has 1 aliphatic rings. The third kappa shape index (κ3) is 2.90. The summed E-state index contributed by atoms with van der Waals surface area (Å²) in [5.41, 5.74) is 1.39. The van der Waals surface area contributed by atoms with Gasteiger partial charge in [0.2, 0.25) is 11.8 Å². The van der Waals surface area contributed by atoms with Crippen LogP contribution in [0, 0.1) is 6.92 Å². The van der Waals surface area contributed by atoms with Gasteiger partial charge in [-0.3, -0.25) is 9.59 Å². The first-order valence-electron chi connectivity index (χ1n) is 5.91. The van der Waals surface area contributed by atoms with Crippen molar-refractivity contribution in [3.8, 4) is 0 Å². The van der Waals surface area contributed by atoms with E-state index >= 15 is 0 Å². The minimum atomic E-state index is -1.01. The molecule has 2 amide bonds. The first-order valence-corrected chi connectivity index (χ1v) is 5.91. The highest BCUT2D eigenvalue weighted by atomic mass is 16.4. The smallest absolute Gasteiger partial charge is 0.335 e. The van der Waals surface area contributed by atoms with E-state index in [0.717, 1.165) is 0 Å². The van der Waals surface area contributed by atoms with Crippen LogP contribution in [-0.2, 0) is 9.59 Å². The predicted octanol–water partition coefficient (Wildman–Crippen LogP) is 0.910. The van der Waals surface area contributed by atoms with Crippen LogP contribution in [0.3, 0.4) is 0 Å². The summed E-state index contributed by atoms with van der Waals surface area (Å²) in [5.74, 6) is -1.42. The molecule has 0 saturated carbocycles. The van der Waals surface area contributed by atoms with Crippen molar-refractivity contribution >= 4 is 23.5 Å². The summed E-state index contributed by atoms with van der Waals surface area (Å²) >= 11 is 0. The van der Waals surface area contributed by atoms with Gasteiger partial charge >= 0.3 is 5.97 Å². The van der Waals surface area contributed by atoms with Crippen molar-refractivity contribution in [2.75, 3.05) is 5.32 Å². The second-order valence-electron chi connectivity index (χ2n) is 4.48. The van der Waals surface area contributed by atoms with Gasteiger partial charge in [0, 0.05) is 12.1 Å². The number of aryl methyl sites for hydroxylation is 1. The van der Waals surface area contributed by atoms with E-state index < -0.39 is 12.0 Å². The van der Waals surface area contributed by atoms with Gasteiger partial charge in [-0.2, -0.15) is 0 Å². The SMILES string of the molecule is Cc1cc(C(=O)O)ccc1NC(=O)[C@H]1CCC(=O)N1. The maximum atomic E-state index is 11.9. The minimum absolute atomic E-state index is 0.127. The molecule has 3 N–H and O–H groups in total. The first-order chi connectivity index (χ1) is 8.97. The number of hydrogen-bond acceptors (Lipinski definition) is 3. The van der Waals surface area contributed by atoms with Gasteiger partial charge in [-0.1, -0.05) is 0 Å². The van der Waals surface area contributed by atoms with Crippen molar-refractivity contribution in [2.45, 2.75) is 25.8 Å². The fourth-order valence-corrected chi connectivity index (χ4v) is 1.97. The van der Waals surface area contributed by atoms with Crippen LogP contribution in [0.1, 0.15) is 28.8 Å². The Morgan fingerprint density at radius 1 is 1.42 bits per heavy atom. The number of carbonyl (C=O) groups excluding carboxylic acids is 2. The van der Waals surface area contributed by atoms with Gasteiger partial charge in [0.15, 0.2) is 0 Å². The lowest BCUT2D eigenvalue weighted by Crippen LogP contribution is -2.37. The van der Waals surface area contributed by atoms with Crippen molar-refractivity contribution in [1.29, 1.82) is 0 Å². The molecule has 1 aliphatic heterocycles. The predicted molar refractivity (Wildman–Crippen MR) is 67.9 cm³/mol. The van der Waals surface area contributed by atoms with Crippen molar-refractivity contribution in [1.82, 2.24) is 5.32 Å². The van der Waals surface area contributed by atoms with Crippen LogP contribution < -0.4 is 10.6 Å². The van der Waals surface area contributed by atoms with Gasteiger partial charge in [0.05, 0.1) is 5.56 Å². The van der Waals surface area contributed by atoms with E-state index in [0.29, 0.717) is 24.1 Å². The van der Waals surface area contributed by atoms with Crippen molar-refractivity contribution in [3.05, 3.63) is 29.3 Å². The van der Waals surface area contributed by atoms with Crippen LogP contribution in [0.4, 0.5) is 5.69 Å². The molecular weight excluding hydrogens is 248 g/mol. The minimum Gasteiger partial charge on any atom is -0.478 e. The molecule has 6 nitrogen and oxygen atoms in total. The van der Waals surface area contributed by atoms with Gasteiger partial charge in [-0.05, 0) is 37.1 Å². The number of carboxylic acid groups (broad SMARTS) is 1. The number of nitrogens with one attached hydrogen (secondary N) is 2. The monoisotopic (exact) mass is 262 g/mol. The summed E-state index contributed by atoms with van der Waals surface area (Å²) in [5, 5.41) is 14.1. The molecule has 19 heavy (non-hydrogen) atoms. The van der Waals surface area contributed by atoms with Crippen LogP contribution in [0.2, 0.25) is 0 Å². The second kappa shape index (κ2) is 5.09. The van der Waals surface area contributed by atoms with Gasteiger partial charge in [0.1, 0.15) is 6.04 Å². The fourth-order valence-electron chi connectivity index (χ4n) is 1.97. The van der Waals surface area contributed by atoms with Crippen LogP contribution in [0.25, 0.3) is 0 Å². The topological polar surface area (TPSA) is 95.5 Å². The number of rotatable bonds is 3. The molecule has 1 saturated heterocycles. The lowest BCUT2D eigenvalue weighted by Gasteiger charge is -2.13. The Kier molecular flexibility index (Phi) is 3.50. The second-order valence-corrected chi connectivity index (χ2v) is 4.48. The highest BCUT2D eigenvalue weighted by molar-refractivity contribution is 5.99. The third-order valence-corrected chi connectivity index (χ3v) is 3.04. The molecule has 0 unspecified atom stereocenters. The largest absolute Gasteiger partial charge is 0.478 e. The number of carboxylic acids is 1. The zero-order valence-corrected chi connectivity index (χ0v) is 10.4. The Labute approximate surface area is 109 Å². The third-order valence-electron chi connectivity index (χ3n) is 3.04. The lowest BCUT2D eigenvalue weighted by atomic mass is 10.1. The molecule has 1 heterocycles. The van der Waals surface area contributed by atoms with Crippen molar-refractivity contribution in [3.63, 3.8) is 0 Å². The maximum absolute atomic E-state index is 11.9. The maximum Gasteiger partial charge on any atom is 0.335 e. The summed E-state index contributed by atoms with van der Waals surface area (Å²) in [6.07, 6.45) is 0.839. The molecule has 1 aromatic rings. The molecule has 1 atom stereocenters. The van der Waals surface area contributed by atoms with E-state index in [2.05, 4.69) is 10.6 Å². The molecule has 0 spiro atoms. The van der Waals surface area contributed by atoms with Gasteiger partial charge < -0.3 is 15.7 Å². The van der Waals surface area contributed by atoms with Crippen molar-refractivity contribution < 1.29 is 19.5 Å². The van der Waals surface area contributed by atoms with Crippen LogP contribution in [0.15, 0.2) is 18.2 Å². The molecule has 6 heteroatoms. The highest BCUT2D eigenvalue weighted by Crippen LogP contribution is 2.18. The van der Waals surface area contributed by atoms with E-state index in [1.807, 2.05) is 0 Å². The normalized spacial score (nSPS) is 17.9. The first kappa shape index (κ1) is 13.1. The lowest BCUT2D eigenvalue weighted by molar-refractivity contribution is -0.122. The molecule has 100 valence electrons. The molecule has 0 bridgehead atoms. The van der Waals surface area contributed by atoms with Gasteiger partial charge in [-0.15, -0.1) is 0 Å². The zero-order chi connectivity index (χ0) is 14.0. The zero-order valence-electron chi connectivity index (χ0n) is 10.4. The van der Waals surface area contributed by atoms with E-state index in [4.69, 9.17) is 5.11 Å².